The summed E-state index contributed by atoms with van der Waals surface area (Å²) in [4.78, 5) is 4.45. The molecule has 5 heteroatoms. The van der Waals surface area contributed by atoms with Crippen LogP contribution in [0.3, 0.4) is 0 Å². The maximum atomic E-state index is 13.4. The van der Waals surface area contributed by atoms with Gasteiger partial charge in [0.1, 0.15) is 17.7 Å². The number of hydrogen-bond acceptors (Lipinski definition) is 4. The Morgan fingerprint density at radius 2 is 2.05 bits per heavy atom. The van der Waals surface area contributed by atoms with Crippen molar-refractivity contribution in [2.24, 2.45) is 0 Å². The fourth-order valence-corrected chi connectivity index (χ4v) is 2.76. The second kappa shape index (κ2) is 5.50. The van der Waals surface area contributed by atoms with Crippen molar-refractivity contribution in [3.63, 3.8) is 0 Å². The number of benzene rings is 1. The molecule has 0 radical (unpaired) electrons. The topological polar surface area (TPSA) is 42.4 Å². The number of thiazole rings is 1. The average Bonchev–Trinajstić information content (AvgIpc) is 2.87. The van der Waals surface area contributed by atoms with Gasteiger partial charge in [-0.3, -0.25) is 0 Å². The first-order valence-electron chi connectivity index (χ1n) is 6.30. The molecule has 1 heterocycles. The zero-order valence-electron chi connectivity index (χ0n) is 12.0. The molecule has 108 valence electrons. The minimum absolute atomic E-state index is 0.0747. The third-order valence-corrected chi connectivity index (χ3v) is 4.22. The Morgan fingerprint density at radius 1 is 1.35 bits per heavy atom. The van der Waals surface area contributed by atoms with E-state index < -0.39 is 11.9 Å². The van der Waals surface area contributed by atoms with E-state index in [1.807, 2.05) is 0 Å². The molecule has 0 aliphatic heterocycles. The first-order valence-corrected chi connectivity index (χ1v) is 7.18. The van der Waals surface area contributed by atoms with Gasteiger partial charge in [-0.2, -0.15) is 0 Å². The van der Waals surface area contributed by atoms with Gasteiger partial charge >= 0.3 is 0 Å². The smallest absolute Gasteiger partial charge is 0.125 e. The van der Waals surface area contributed by atoms with Crippen LogP contribution in [0.15, 0.2) is 23.6 Å². The number of methoxy groups -OCH3 is 1. The van der Waals surface area contributed by atoms with E-state index in [1.165, 1.54) is 36.6 Å². The van der Waals surface area contributed by atoms with E-state index in [9.17, 15) is 9.50 Å². The van der Waals surface area contributed by atoms with Crippen LogP contribution in [-0.4, -0.2) is 17.2 Å². The predicted molar refractivity (Wildman–Crippen MR) is 77.8 cm³/mol. The van der Waals surface area contributed by atoms with Crippen LogP contribution < -0.4 is 4.74 Å². The zero-order chi connectivity index (χ0) is 14.9. The van der Waals surface area contributed by atoms with Gasteiger partial charge in [0.05, 0.1) is 17.8 Å². The molecule has 3 nitrogen and oxygen atoms in total. The summed E-state index contributed by atoms with van der Waals surface area (Å²) in [7, 11) is 1.49. The number of ether oxygens (including phenoxy) is 1. The molecule has 0 fully saturated rings. The van der Waals surface area contributed by atoms with Crippen molar-refractivity contribution in [3.8, 4) is 5.75 Å². The van der Waals surface area contributed by atoms with Crippen molar-refractivity contribution in [3.05, 3.63) is 45.7 Å². The Bertz CT molecular complexity index is 604. The Balaban J connectivity index is 2.38. The standard InChI is InChI=1S/C15H18FNO2S/c1-15(2,3)14-17-11(8-20-14)13(18)10-7-9(16)5-6-12(10)19-4/h5-8,13,18H,1-4H3. The Hall–Kier alpha value is -1.46. The monoisotopic (exact) mass is 295 g/mol. The molecular weight excluding hydrogens is 277 g/mol. The van der Waals surface area contributed by atoms with Crippen molar-refractivity contribution in [2.75, 3.05) is 7.11 Å². The number of aliphatic hydroxyl groups excluding tert-OH is 1. The molecule has 0 saturated carbocycles. The second-order valence-electron chi connectivity index (χ2n) is 5.62. The summed E-state index contributed by atoms with van der Waals surface area (Å²) in [6.45, 7) is 6.18. The van der Waals surface area contributed by atoms with Crippen molar-refractivity contribution >= 4 is 11.3 Å². The minimum Gasteiger partial charge on any atom is -0.496 e. The number of halogens is 1. The van der Waals surface area contributed by atoms with Gasteiger partial charge in [0, 0.05) is 16.4 Å². The van der Waals surface area contributed by atoms with E-state index in [0.717, 1.165) is 5.01 Å². The summed E-state index contributed by atoms with van der Waals surface area (Å²) in [5.41, 5.74) is 0.830. The van der Waals surface area contributed by atoms with E-state index in [1.54, 1.807) is 5.38 Å². The van der Waals surface area contributed by atoms with Gasteiger partial charge in [-0.1, -0.05) is 20.8 Å². The van der Waals surface area contributed by atoms with E-state index in [4.69, 9.17) is 4.74 Å². The van der Waals surface area contributed by atoms with Crippen molar-refractivity contribution in [1.29, 1.82) is 0 Å². The molecule has 0 saturated heterocycles. The van der Waals surface area contributed by atoms with Crippen LogP contribution in [0, 0.1) is 5.82 Å². The fourth-order valence-electron chi connectivity index (χ4n) is 1.83. The highest BCUT2D eigenvalue weighted by molar-refractivity contribution is 7.09. The molecule has 0 aliphatic rings. The van der Waals surface area contributed by atoms with E-state index in [0.29, 0.717) is 17.0 Å². The van der Waals surface area contributed by atoms with Gasteiger partial charge in [-0.05, 0) is 18.2 Å². The molecule has 0 bridgehead atoms. The van der Waals surface area contributed by atoms with Crippen LogP contribution in [0.4, 0.5) is 4.39 Å². The van der Waals surface area contributed by atoms with E-state index in [-0.39, 0.29) is 5.41 Å². The molecular formula is C15H18FNO2S. The zero-order valence-corrected chi connectivity index (χ0v) is 12.8. The highest BCUT2D eigenvalue weighted by atomic mass is 32.1. The van der Waals surface area contributed by atoms with Gasteiger partial charge < -0.3 is 9.84 Å². The van der Waals surface area contributed by atoms with Crippen LogP contribution in [0.2, 0.25) is 0 Å². The first-order chi connectivity index (χ1) is 9.32. The van der Waals surface area contributed by atoms with Crippen LogP contribution in [-0.2, 0) is 5.41 Å². The third-order valence-electron chi connectivity index (χ3n) is 2.93. The lowest BCUT2D eigenvalue weighted by Crippen LogP contribution is -2.11. The lowest BCUT2D eigenvalue weighted by Gasteiger charge is -2.15. The van der Waals surface area contributed by atoms with Gasteiger partial charge in [0.25, 0.3) is 0 Å². The number of rotatable bonds is 3. The lowest BCUT2D eigenvalue weighted by atomic mass is 9.98. The van der Waals surface area contributed by atoms with Crippen molar-refractivity contribution in [1.82, 2.24) is 4.98 Å². The molecule has 2 rings (SSSR count). The molecule has 20 heavy (non-hydrogen) atoms. The van der Waals surface area contributed by atoms with Crippen LogP contribution in [0.25, 0.3) is 0 Å². The summed E-state index contributed by atoms with van der Waals surface area (Å²) in [6, 6.07) is 4.08. The molecule has 1 aromatic carbocycles. The first kappa shape index (κ1) is 14.9. The molecule has 1 atom stereocenters. The molecule has 1 aromatic heterocycles. The summed E-state index contributed by atoms with van der Waals surface area (Å²) < 4.78 is 18.5. The predicted octanol–water partition coefficient (Wildman–Crippen LogP) is 3.67. The molecule has 1 N–H and O–H groups in total. The third kappa shape index (κ3) is 2.99. The highest BCUT2D eigenvalue weighted by Gasteiger charge is 2.23. The number of aliphatic hydroxyl groups is 1. The van der Waals surface area contributed by atoms with E-state index >= 15 is 0 Å². The summed E-state index contributed by atoms with van der Waals surface area (Å²) >= 11 is 1.49. The Morgan fingerprint density at radius 3 is 2.60 bits per heavy atom. The van der Waals surface area contributed by atoms with Crippen molar-refractivity contribution in [2.45, 2.75) is 32.3 Å². The molecule has 0 aliphatic carbocycles. The van der Waals surface area contributed by atoms with Gasteiger partial charge in [0.15, 0.2) is 0 Å². The number of hydrogen-bond donors (Lipinski definition) is 1. The van der Waals surface area contributed by atoms with Gasteiger partial charge in [0.2, 0.25) is 0 Å². The summed E-state index contributed by atoms with van der Waals surface area (Å²) in [5, 5.41) is 13.1. The van der Waals surface area contributed by atoms with Gasteiger partial charge in [-0.15, -0.1) is 11.3 Å². The maximum absolute atomic E-state index is 13.4. The highest BCUT2D eigenvalue weighted by Crippen LogP contribution is 2.33. The van der Waals surface area contributed by atoms with Crippen molar-refractivity contribution < 1.29 is 14.2 Å². The fraction of sp³-hybridized carbons (Fsp3) is 0.400. The molecule has 1 unspecified atom stereocenters. The SMILES string of the molecule is COc1ccc(F)cc1C(O)c1csc(C(C)(C)C)n1. The van der Waals surface area contributed by atoms with Crippen LogP contribution >= 0.6 is 11.3 Å². The molecule has 0 spiro atoms. The number of nitrogens with zero attached hydrogens (tertiary/aromatic N) is 1. The van der Waals surface area contributed by atoms with E-state index in [2.05, 4.69) is 25.8 Å². The minimum atomic E-state index is -0.993. The lowest BCUT2D eigenvalue weighted by molar-refractivity contribution is 0.209. The largest absolute Gasteiger partial charge is 0.496 e. The number of aromatic nitrogens is 1. The summed E-state index contributed by atoms with van der Waals surface area (Å²) in [5.74, 6) is 0.0373. The molecule has 0 amide bonds. The second-order valence-corrected chi connectivity index (χ2v) is 6.47. The van der Waals surface area contributed by atoms with Crippen LogP contribution in [0.1, 0.15) is 43.1 Å². The average molecular weight is 295 g/mol. The normalized spacial score (nSPS) is 13.3. The van der Waals surface area contributed by atoms with Crippen LogP contribution in [0.5, 0.6) is 5.75 Å². The van der Waals surface area contributed by atoms with Gasteiger partial charge in [-0.25, -0.2) is 9.37 Å². The Labute approximate surface area is 122 Å². The Kier molecular flexibility index (Phi) is 4.11. The quantitative estimate of drug-likeness (QED) is 0.939. The molecule has 2 aromatic rings. The maximum Gasteiger partial charge on any atom is 0.125 e. The summed E-state index contributed by atoms with van der Waals surface area (Å²) in [6.07, 6.45) is -0.993.